The Kier molecular flexibility index (Phi) is 7.52. The maximum atomic E-state index is 12.1. The molecule has 0 rings (SSSR count). The van der Waals surface area contributed by atoms with Crippen molar-refractivity contribution in [1.82, 2.24) is 0 Å². The van der Waals surface area contributed by atoms with Gasteiger partial charge in [-0.1, -0.05) is 27.2 Å². The Bertz CT molecular complexity index is 182. The Morgan fingerprint density at radius 1 is 1.43 bits per heavy atom. The van der Waals surface area contributed by atoms with Crippen LogP contribution in [-0.4, -0.2) is 30.6 Å². The Morgan fingerprint density at radius 3 is 2.50 bits per heavy atom. The average Bonchev–Trinajstić information content (AvgIpc) is 2.18. The van der Waals surface area contributed by atoms with Crippen molar-refractivity contribution < 1.29 is 14.2 Å². The van der Waals surface area contributed by atoms with Crippen LogP contribution in [0.1, 0.15) is 33.6 Å². The number of aliphatic hydroxyl groups excluding tert-OH is 1. The van der Waals surface area contributed by atoms with Gasteiger partial charge in [0.2, 0.25) is 7.37 Å². The summed E-state index contributed by atoms with van der Waals surface area (Å²) in [7, 11) is -2.46. The van der Waals surface area contributed by atoms with Crippen molar-refractivity contribution in [3.8, 4) is 0 Å². The van der Waals surface area contributed by atoms with E-state index >= 15 is 0 Å². The Labute approximate surface area is 87.3 Å². The van der Waals surface area contributed by atoms with Gasteiger partial charge >= 0.3 is 0 Å². The maximum absolute atomic E-state index is 12.1. The lowest BCUT2D eigenvalue weighted by Gasteiger charge is -2.19. The Hall–Kier alpha value is 0.150. The van der Waals surface area contributed by atoms with E-state index in [2.05, 4.69) is 6.92 Å². The first-order valence-electron chi connectivity index (χ1n) is 5.41. The van der Waals surface area contributed by atoms with Crippen LogP contribution in [0.25, 0.3) is 0 Å². The van der Waals surface area contributed by atoms with Gasteiger partial charge in [0.25, 0.3) is 0 Å². The van der Waals surface area contributed by atoms with Gasteiger partial charge in [-0.05, 0) is 12.3 Å². The molecule has 0 saturated heterocycles. The van der Waals surface area contributed by atoms with E-state index in [1.807, 2.05) is 13.8 Å². The van der Waals surface area contributed by atoms with E-state index < -0.39 is 7.37 Å². The van der Waals surface area contributed by atoms with E-state index in [0.29, 0.717) is 18.9 Å². The van der Waals surface area contributed by atoms with Gasteiger partial charge in [0.05, 0.1) is 6.61 Å². The molecule has 0 amide bonds. The number of hydrogen-bond acceptors (Lipinski definition) is 3. The molecule has 2 atom stereocenters. The molecule has 0 bridgehead atoms. The molecule has 2 unspecified atom stereocenters. The summed E-state index contributed by atoms with van der Waals surface area (Å²) in [5.74, 6) is 0.0717. The summed E-state index contributed by atoms with van der Waals surface area (Å²) in [5.41, 5.74) is 0. The van der Waals surface area contributed by atoms with Crippen molar-refractivity contribution in [3.05, 3.63) is 0 Å². The summed E-state index contributed by atoms with van der Waals surface area (Å²) in [6.45, 7) is 6.53. The Balaban J connectivity index is 3.98. The molecule has 3 nitrogen and oxygen atoms in total. The number of aliphatic hydroxyl groups is 1. The van der Waals surface area contributed by atoms with Crippen LogP contribution in [-0.2, 0) is 9.09 Å². The van der Waals surface area contributed by atoms with Crippen LogP contribution in [0.5, 0.6) is 0 Å². The molecule has 0 aromatic carbocycles. The number of unbranched alkanes of at least 4 members (excludes halogenated alkanes) is 1. The minimum Gasteiger partial charge on any atom is -0.396 e. The fourth-order valence-corrected chi connectivity index (χ4v) is 3.25. The van der Waals surface area contributed by atoms with Crippen LogP contribution in [0, 0.1) is 5.92 Å². The molecule has 4 heteroatoms. The van der Waals surface area contributed by atoms with Gasteiger partial charge in [-0.3, -0.25) is 4.57 Å². The highest BCUT2D eigenvalue weighted by Crippen LogP contribution is 2.48. The lowest BCUT2D eigenvalue weighted by Crippen LogP contribution is -2.10. The molecule has 0 aliphatic heterocycles. The van der Waals surface area contributed by atoms with Gasteiger partial charge in [0, 0.05) is 18.9 Å². The first kappa shape index (κ1) is 14.2. The normalized spacial score (nSPS) is 17.7. The lowest BCUT2D eigenvalue weighted by atomic mass is 10.2. The van der Waals surface area contributed by atoms with E-state index in [4.69, 9.17) is 9.63 Å². The SMILES string of the molecule is CCCCOP(=O)(CC)CC(C)CO. The van der Waals surface area contributed by atoms with E-state index in [-0.39, 0.29) is 12.5 Å². The summed E-state index contributed by atoms with van der Waals surface area (Å²) in [5, 5.41) is 8.89. The highest BCUT2D eigenvalue weighted by atomic mass is 31.2. The molecule has 0 aliphatic rings. The van der Waals surface area contributed by atoms with Crippen LogP contribution >= 0.6 is 7.37 Å². The molecule has 0 saturated carbocycles. The molecule has 14 heavy (non-hydrogen) atoms. The second kappa shape index (κ2) is 7.44. The monoisotopic (exact) mass is 222 g/mol. The van der Waals surface area contributed by atoms with Crippen LogP contribution in [0.4, 0.5) is 0 Å². The zero-order valence-electron chi connectivity index (χ0n) is 9.53. The standard InChI is InChI=1S/C10H23O3P/c1-4-6-7-13-14(12,5-2)9-10(3)8-11/h10-11H,4-9H2,1-3H3. The fraction of sp³-hybridized carbons (Fsp3) is 1.00. The fourth-order valence-electron chi connectivity index (χ4n) is 1.18. The molecular formula is C10H23O3P. The van der Waals surface area contributed by atoms with Gasteiger partial charge < -0.3 is 9.63 Å². The highest BCUT2D eigenvalue weighted by Gasteiger charge is 2.23. The van der Waals surface area contributed by atoms with E-state index in [1.54, 1.807) is 0 Å². The molecule has 0 radical (unpaired) electrons. The molecule has 0 fully saturated rings. The van der Waals surface area contributed by atoms with Gasteiger partial charge in [0.1, 0.15) is 0 Å². The highest BCUT2D eigenvalue weighted by molar-refractivity contribution is 7.58. The van der Waals surface area contributed by atoms with Gasteiger partial charge in [-0.25, -0.2) is 0 Å². The minimum atomic E-state index is -2.46. The Morgan fingerprint density at radius 2 is 2.07 bits per heavy atom. The summed E-state index contributed by atoms with van der Waals surface area (Å²) in [4.78, 5) is 0. The first-order valence-corrected chi connectivity index (χ1v) is 7.41. The molecule has 0 spiro atoms. The van der Waals surface area contributed by atoms with Crippen LogP contribution in [0.2, 0.25) is 0 Å². The summed E-state index contributed by atoms with van der Waals surface area (Å²) >= 11 is 0. The van der Waals surface area contributed by atoms with Gasteiger partial charge in [-0.15, -0.1) is 0 Å². The molecule has 0 aromatic heterocycles. The van der Waals surface area contributed by atoms with Crippen molar-refractivity contribution in [1.29, 1.82) is 0 Å². The topological polar surface area (TPSA) is 46.5 Å². The second-order valence-electron chi connectivity index (χ2n) is 3.79. The second-order valence-corrected chi connectivity index (χ2v) is 6.67. The first-order chi connectivity index (χ1) is 6.58. The van der Waals surface area contributed by atoms with E-state index in [0.717, 1.165) is 12.8 Å². The lowest BCUT2D eigenvalue weighted by molar-refractivity contribution is 0.241. The van der Waals surface area contributed by atoms with Gasteiger partial charge in [0.15, 0.2) is 0 Å². The van der Waals surface area contributed by atoms with Crippen molar-refractivity contribution in [2.45, 2.75) is 33.6 Å². The van der Waals surface area contributed by atoms with Crippen molar-refractivity contribution in [3.63, 3.8) is 0 Å². The van der Waals surface area contributed by atoms with Crippen LogP contribution in [0.3, 0.4) is 0 Å². The number of hydrogen-bond donors (Lipinski definition) is 1. The van der Waals surface area contributed by atoms with Crippen molar-refractivity contribution >= 4 is 7.37 Å². The quantitative estimate of drug-likeness (QED) is 0.507. The molecule has 0 aromatic rings. The van der Waals surface area contributed by atoms with Crippen LogP contribution in [0.15, 0.2) is 0 Å². The van der Waals surface area contributed by atoms with Crippen molar-refractivity contribution in [2.75, 3.05) is 25.5 Å². The maximum Gasteiger partial charge on any atom is 0.203 e. The third-order valence-electron chi connectivity index (χ3n) is 2.21. The van der Waals surface area contributed by atoms with Crippen LogP contribution < -0.4 is 0 Å². The van der Waals surface area contributed by atoms with Crippen molar-refractivity contribution in [2.24, 2.45) is 5.92 Å². The van der Waals surface area contributed by atoms with E-state index in [1.165, 1.54) is 0 Å². The number of rotatable bonds is 8. The smallest absolute Gasteiger partial charge is 0.203 e. The zero-order chi connectivity index (χ0) is 11.0. The summed E-state index contributed by atoms with van der Waals surface area (Å²) in [6, 6.07) is 0. The minimum absolute atomic E-state index is 0.0717. The molecular weight excluding hydrogens is 199 g/mol. The van der Waals surface area contributed by atoms with E-state index in [9.17, 15) is 4.57 Å². The molecule has 0 aliphatic carbocycles. The molecule has 1 N–H and O–H groups in total. The molecule has 0 heterocycles. The third-order valence-corrected chi connectivity index (χ3v) is 5.00. The molecule has 86 valence electrons. The zero-order valence-corrected chi connectivity index (χ0v) is 10.4. The predicted octanol–water partition coefficient (Wildman–Crippen LogP) is 2.73. The summed E-state index contributed by atoms with van der Waals surface area (Å²) in [6.07, 6.45) is 3.08. The largest absolute Gasteiger partial charge is 0.396 e. The third kappa shape index (κ3) is 5.79. The van der Waals surface area contributed by atoms with Gasteiger partial charge in [-0.2, -0.15) is 0 Å². The summed E-state index contributed by atoms with van der Waals surface area (Å²) < 4.78 is 17.5. The average molecular weight is 222 g/mol. The predicted molar refractivity (Wildman–Crippen MR) is 60.1 cm³/mol.